The zero-order valence-electron chi connectivity index (χ0n) is 11.3. The molecule has 0 saturated heterocycles. The second kappa shape index (κ2) is 5.36. The van der Waals surface area contributed by atoms with Gasteiger partial charge in [0, 0.05) is 11.1 Å². The van der Waals surface area contributed by atoms with E-state index in [1.165, 1.54) is 5.56 Å². The van der Waals surface area contributed by atoms with E-state index in [0.717, 1.165) is 35.1 Å². The van der Waals surface area contributed by atoms with Crippen LogP contribution in [-0.4, -0.2) is 4.98 Å². The van der Waals surface area contributed by atoms with Crippen LogP contribution < -0.4 is 11.3 Å². The Hall–Kier alpha value is -1.61. The number of hydrogen-bond donors (Lipinski definition) is 2. The van der Waals surface area contributed by atoms with Crippen molar-refractivity contribution in [3.05, 3.63) is 35.5 Å². The van der Waals surface area contributed by atoms with Crippen LogP contribution in [-0.2, 0) is 12.8 Å². The number of aryl methyl sites for hydroxylation is 1. The summed E-state index contributed by atoms with van der Waals surface area (Å²) in [5, 5.41) is 1.10. The van der Waals surface area contributed by atoms with Crippen molar-refractivity contribution in [1.82, 2.24) is 4.98 Å². The standard InChI is InChI=1S/C15H21N3/c1-4-11-5-6-14-13(8-11)15(18-16)9-12(17-14)7-10(2)3/h5-6,8-10H,4,7,16H2,1-3H3,(H,17,18). The zero-order chi connectivity index (χ0) is 13.1. The predicted octanol–water partition coefficient (Wildman–Crippen LogP) is 3.28. The number of aromatic nitrogens is 1. The number of hydrazine groups is 1. The van der Waals surface area contributed by atoms with E-state index in [2.05, 4.69) is 50.5 Å². The van der Waals surface area contributed by atoms with Crippen LogP contribution in [0.15, 0.2) is 24.3 Å². The molecule has 1 aromatic carbocycles. The predicted molar refractivity (Wildman–Crippen MR) is 77.5 cm³/mol. The first kappa shape index (κ1) is 12.8. The quantitative estimate of drug-likeness (QED) is 0.640. The summed E-state index contributed by atoms with van der Waals surface area (Å²) in [4.78, 5) is 4.70. The minimum absolute atomic E-state index is 0.593. The maximum Gasteiger partial charge on any atom is 0.0726 e. The average molecular weight is 243 g/mol. The number of pyridine rings is 1. The van der Waals surface area contributed by atoms with Crippen LogP contribution in [0.4, 0.5) is 5.69 Å². The van der Waals surface area contributed by atoms with Gasteiger partial charge in [-0.1, -0.05) is 26.8 Å². The summed E-state index contributed by atoms with van der Waals surface area (Å²) in [6.07, 6.45) is 1.99. The lowest BCUT2D eigenvalue weighted by molar-refractivity contribution is 0.637. The first-order chi connectivity index (χ1) is 8.63. The average Bonchev–Trinajstić information content (AvgIpc) is 2.36. The van der Waals surface area contributed by atoms with Crippen LogP contribution in [0.1, 0.15) is 32.0 Å². The normalized spacial score (nSPS) is 11.2. The fourth-order valence-corrected chi connectivity index (χ4v) is 2.19. The maximum atomic E-state index is 5.63. The van der Waals surface area contributed by atoms with Crippen LogP contribution in [0.3, 0.4) is 0 Å². The summed E-state index contributed by atoms with van der Waals surface area (Å²) in [6, 6.07) is 8.44. The highest BCUT2D eigenvalue weighted by atomic mass is 15.2. The summed E-state index contributed by atoms with van der Waals surface area (Å²) in [7, 11) is 0. The van der Waals surface area contributed by atoms with Crippen LogP contribution in [0.5, 0.6) is 0 Å². The molecular weight excluding hydrogens is 222 g/mol. The minimum atomic E-state index is 0.593. The molecule has 0 radical (unpaired) electrons. The van der Waals surface area contributed by atoms with E-state index < -0.39 is 0 Å². The van der Waals surface area contributed by atoms with E-state index in [-0.39, 0.29) is 0 Å². The van der Waals surface area contributed by atoms with E-state index in [1.807, 2.05) is 0 Å². The third kappa shape index (κ3) is 2.62. The Labute approximate surface area is 108 Å². The fourth-order valence-electron chi connectivity index (χ4n) is 2.19. The van der Waals surface area contributed by atoms with Gasteiger partial charge in [-0.2, -0.15) is 0 Å². The van der Waals surface area contributed by atoms with Gasteiger partial charge in [-0.3, -0.25) is 10.8 Å². The molecule has 0 aliphatic heterocycles. The van der Waals surface area contributed by atoms with Gasteiger partial charge in [-0.25, -0.2) is 0 Å². The summed E-state index contributed by atoms with van der Waals surface area (Å²) in [6.45, 7) is 6.54. The summed E-state index contributed by atoms with van der Waals surface area (Å²) < 4.78 is 0. The van der Waals surface area contributed by atoms with E-state index in [9.17, 15) is 0 Å². The van der Waals surface area contributed by atoms with Crippen LogP contribution in [0.25, 0.3) is 10.9 Å². The Morgan fingerprint density at radius 3 is 2.67 bits per heavy atom. The Morgan fingerprint density at radius 1 is 1.28 bits per heavy atom. The lowest BCUT2D eigenvalue weighted by Gasteiger charge is -2.11. The molecule has 1 heterocycles. The third-order valence-corrected chi connectivity index (χ3v) is 3.11. The molecular formula is C15H21N3. The third-order valence-electron chi connectivity index (χ3n) is 3.11. The highest BCUT2D eigenvalue weighted by Gasteiger charge is 2.07. The summed E-state index contributed by atoms with van der Waals surface area (Å²) >= 11 is 0. The first-order valence-corrected chi connectivity index (χ1v) is 6.53. The second-order valence-electron chi connectivity index (χ2n) is 5.11. The molecule has 0 bridgehead atoms. The molecule has 0 amide bonds. The molecule has 3 heteroatoms. The Kier molecular flexibility index (Phi) is 3.82. The molecule has 3 nitrogen and oxygen atoms in total. The van der Waals surface area contributed by atoms with Crippen molar-refractivity contribution in [2.75, 3.05) is 5.43 Å². The minimum Gasteiger partial charge on any atom is -0.323 e. The molecule has 0 spiro atoms. The van der Waals surface area contributed by atoms with Gasteiger partial charge >= 0.3 is 0 Å². The molecule has 0 unspecified atom stereocenters. The number of nitrogens with zero attached hydrogens (tertiary/aromatic N) is 1. The maximum absolute atomic E-state index is 5.63. The Bertz CT molecular complexity index is 547. The summed E-state index contributed by atoms with van der Waals surface area (Å²) in [5.41, 5.74) is 7.17. The zero-order valence-corrected chi connectivity index (χ0v) is 11.3. The van der Waals surface area contributed by atoms with Crippen molar-refractivity contribution in [2.24, 2.45) is 11.8 Å². The highest BCUT2D eigenvalue weighted by Crippen LogP contribution is 2.25. The molecule has 2 rings (SSSR count). The van der Waals surface area contributed by atoms with Crippen molar-refractivity contribution in [3.8, 4) is 0 Å². The lowest BCUT2D eigenvalue weighted by atomic mass is 10.0. The molecule has 0 atom stereocenters. The largest absolute Gasteiger partial charge is 0.323 e. The molecule has 18 heavy (non-hydrogen) atoms. The number of hydrogen-bond acceptors (Lipinski definition) is 3. The number of fused-ring (bicyclic) bond motifs is 1. The Balaban J connectivity index is 2.55. The van der Waals surface area contributed by atoms with E-state index in [4.69, 9.17) is 10.8 Å². The number of anilines is 1. The van der Waals surface area contributed by atoms with E-state index in [1.54, 1.807) is 0 Å². The Morgan fingerprint density at radius 2 is 2.06 bits per heavy atom. The van der Waals surface area contributed by atoms with Gasteiger partial charge in [-0.05, 0) is 42.5 Å². The van der Waals surface area contributed by atoms with Gasteiger partial charge in [0.05, 0.1) is 11.2 Å². The van der Waals surface area contributed by atoms with Gasteiger partial charge < -0.3 is 5.43 Å². The first-order valence-electron chi connectivity index (χ1n) is 6.53. The molecule has 96 valence electrons. The number of benzene rings is 1. The van der Waals surface area contributed by atoms with Crippen LogP contribution in [0, 0.1) is 5.92 Å². The lowest BCUT2D eigenvalue weighted by Crippen LogP contribution is -2.09. The van der Waals surface area contributed by atoms with Crippen molar-refractivity contribution in [2.45, 2.75) is 33.6 Å². The highest BCUT2D eigenvalue weighted by molar-refractivity contribution is 5.91. The smallest absolute Gasteiger partial charge is 0.0726 e. The van der Waals surface area contributed by atoms with Crippen molar-refractivity contribution >= 4 is 16.6 Å². The van der Waals surface area contributed by atoms with Crippen molar-refractivity contribution in [3.63, 3.8) is 0 Å². The molecule has 0 aliphatic rings. The second-order valence-corrected chi connectivity index (χ2v) is 5.11. The van der Waals surface area contributed by atoms with Crippen molar-refractivity contribution < 1.29 is 0 Å². The topological polar surface area (TPSA) is 50.9 Å². The van der Waals surface area contributed by atoms with Crippen LogP contribution in [0.2, 0.25) is 0 Å². The number of nitrogen functional groups attached to an aromatic ring is 1. The molecule has 1 aromatic heterocycles. The molecule has 2 aromatic rings. The molecule has 0 fully saturated rings. The SMILES string of the molecule is CCc1ccc2nc(CC(C)C)cc(NN)c2c1. The van der Waals surface area contributed by atoms with Gasteiger partial charge in [0.25, 0.3) is 0 Å². The summed E-state index contributed by atoms with van der Waals surface area (Å²) in [5.74, 6) is 6.22. The number of rotatable bonds is 4. The monoisotopic (exact) mass is 243 g/mol. The number of nitrogens with two attached hydrogens (primary N) is 1. The molecule has 0 aliphatic carbocycles. The fraction of sp³-hybridized carbons (Fsp3) is 0.400. The van der Waals surface area contributed by atoms with Crippen LogP contribution >= 0.6 is 0 Å². The van der Waals surface area contributed by atoms with E-state index >= 15 is 0 Å². The van der Waals surface area contributed by atoms with Gasteiger partial charge in [-0.15, -0.1) is 0 Å². The molecule has 0 saturated carbocycles. The number of nitrogens with one attached hydrogen (secondary N) is 1. The van der Waals surface area contributed by atoms with Gasteiger partial charge in [0.2, 0.25) is 0 Å². The van der Waals surface area contributed by atoms with Gasteiger partial charge in [0.1, 0.15) is 0 Å². The van der Waals surface area contributed by atoms with E-state index in [0.29, 0.717) is 5.92 Å². The van der Waals surface area contributed by atoms with Crippen molar-refractivity contribution in [1.29, 1.82) is 0 Å². The van der Waals surface area contributed by atoms with Gasteiger partial charge in [0.15, 0.2) is 0 Å². The molecule has 3 N–H and O–H groups in total.